The monoisotopic (exact) mass is 96.0 g/mol. The van der Waals surface area contributed by atoms with Crippen LogP contribution in [0.15, 0.2) is 0 Å². The van der Waals surface area contributed by atoms with Crippen molar-refractivity contribution in [2.45, 2.75) is 0 Å². The highest BCUT2D eigenvalue weighted by molar-refractivity contribution is 5.10. The van der Waals surface area contributed by atoms with E-state index in [1.165, 1.54) is 7.11 Å². The maximum Gasteiger partial charge on any atom is 0.106 e. The smallest absolute Gasteiger partial charge is 0.106 e. The second-order valence-corrected chi connectivity index (χ2v) is 0.183. The van der Waals surface area contributed by atoms with E-state index in [9.17, 15) is 0 Å². The van der Waals surface area contributed by atoms with Crippen molar-refractivity contribution in [1.82, 2.24) is 0 Å². The summed E-state index contributed by atoms with van der Waals surface area (Å²) in [5.41, 5.74) is 0. The van der Waals surface area contributed by atoms with Crippen LogP contribution in [0.2, 0.25) is 0 Å². The van der Waals surface area contributed by atoms with Crippen molar-refractivity contribution in [3.63, 3.8) is 0 Å². The van der Waals surface area contributed by atoms with Gasteiger partial charge in [0, 0.05) is 0 Å². The number of carbonyl (C=O) groups excluding carboxylic acids is 1. The summed E-state index contributed by atoms with van der Waals surface area (Å²) < 4.78 is 0. The number of rotatable bonds is 0. The summed E-state index contributed by atoms with van der Waals surface area (Å²) in [5, 5.41) is 7.07. The molecule has 0 spiro atoms. The molecular formula is C2H8O4. The number of hydrogen-bond donors (Lipinski definition) is 1. The first-order chi connectivity index (χ1) is 2.41. The molecule has 0 amide bonds. The lowest BCUT2D eigenvalue weighted by Crippen LogP contribution is -1.57. The number of hydrogen-bond acceptors (Lipinski definition) is 3. The molecule has 0 aliphatic carbocycles. The van der Waals surface area contributed by atoms with Crippen molar-refractivity contribution in [3.8, 4) is 0 Å². The van der Waals surface area contributed by atoms with Crippen molar-refractivity contribution in [1.29, 1.82) is 0 Å². The molecule has 0 aliphatic rings. The zero-order valence-corrected chi connectivity index (χ0v) is 3.47. The first-order valence-corrected chi connectivity index (χ1v) is 0.879. The van der Waals surface area contributed by atoms with Gasteiger partial charge in [-0.05, 0) is 0 Å². The number of carbonyl (C=O) groups is 1. The Balaban J connectivity index is -0.0000000275. The Labute approximate surface area is 35.6 Å². The van der Waals surface area contributed by atoms with Crippen molar-refractivity contribution >= 4 is 6.79 Å². The molecule has 0 atom stereocenters. The average molecular weight is 96.1 g/mol. The normalized spacial score (nSPS) is 3.67. The molecule has 4 heteroatoms. The molecule has 0 unspecified atom stereocenters. The summed E-state index contributed by atoms with van der Waals surface area (Å²) in [6.07, 6.45) is 0. The largest absolute Gasteiger partial charge is 0.412 e. The molecule has 0 aromatic rings. The van der Waals surface area contributed by atoms with Crippen LogP contribution in [0.4, 0.5) is 0 Å². The van der Waals surface area contributed by atoms with Gasteiger partial charge in [-0.25, -0.2) is 4.89 Å². The molecule has 0 radical (unpaired) electrons. The molecule has 0 saturated heterocycles. The van der Waals surface area contributed by atoms with Crippen molar-refractivity contribution in [2.24, 2.45) is 0 Å². The highest BCUT2D eigenvalue weighted by Crippen LogP contribution is 1.26. The van der Waals surface area contributed by atoms with Crippen molar-refractivity contribution in [2.75, 3.05) is 7.11 Å². The molecule has 4 nitrogen and oxygen atoms in total. The molecule has 0 bridgehead atoms. The van der Waals surface area contributed by atoms with Crippen LogP contribution in [0.1, 0.15) is 0 Å². The fraction of sp³-hybridized carbons (Fsp3) is 0.500. The predicted octanol–water partition coefficient (Wildman–Crippen LogP) is -0.904. The lowest BCUT2D eigenvalue weighted by atomic mass is 11.8. The van der Waals surface area contributed by atoms with Crippen LogP contribution < -0.4 is 0 Å². The molecule has 3 N–H and O–H groups in total. The highest BCUT2D eigenvalue weighted by Gasteiger charge is 1.26. The second-order valence-electron chi connectivity index (χ2n) is 0.183. The van der Waals surface area contributed by atoms with Crippen LogP contribution in [-0.4, -0.2) is 24.6 Å². The van der Waals surface area contributed by atoms with Gasteiger partial charge in [0.05, 0.1) is 7.11 Å². The van der Waals surface area contributed by atoms with Crippen LogP contribution in [0.25, 0.3) is 0 Å². The second kappa shape index (κ2) is 190. The molecule has 0 saturated carbocycles. The molecule has 0 heterocycles. The molecule has 40 valence electrons. The zero-order chi connectivity index (χ0) is 4.71. The molecule has 6 heavy (non-hydrogen) atoms. The van der Waals surface area contributed by atoms with E-state index in [2.05, 4.69) is 4.89 Å². The van der Waals surface area contributed by atoms with Gasteiger partial charge < -0.3 is 10.3 Å². The van der Waals surface area contributed by atoms with Gasteiger partial charge in [-0.15, -0.1) is 0 Å². The van der Waals surface area contributed by atoms with Crippen LogP contribution >= 0.6 is 0 Å². The fourth-order valence-corrected chi connectivity index (χ4v) is 0. The van der Waals surface area contributed by atoms with Crippen molar-refractivity contribution in [3.05, 3.63) is 0 Å². The van der Waals surface area contributed by atoms with E-state index in [-0.39, 0.29) is 5.48 Å². The summed E-state index contributed by atoms with van der Waals surface area (Å²) in [6.45, 7) is 2.00. The van der Waals surface area contributed by atoms with E-state index in [1.54, 1.807) is 0 Å². The Hall–Kier alpha value is -0.450. The van der Waals surface area contributed by atoms with Crippen LogP contribution in [-0.2, 0) is 9.68 Å². The minimum Gasteiger partial charge on any atom is -0.412 e. The Bertz CT molecular complexity index is 9.51. The van der Waals surface area contributed by atoms with E-state index in [0.29, 0.717) is 0 Å². The molecular weight excluding hydrogens is 88.0 g/mol. The standard InChI is InChI=1S/CH4O2.CH2O.H2O/c1-3-2;1-2;/h2H,1H3;1H2;1H2. The molecule has 0 rings (SSSR count). The van der Waals surface area contributed by atoms with E-state index in [4.69, 9.17) is 10.1 Å². The van der Waals surface area contributed by atoms with E-state index in [0.717, 1.165) is 0 Å². The lowest BCUT2D eigenvalue weighted by molar-refractivity contribution is -0.214. The fourth-order valence-electron chi connectivity index (χ4n) is 0. The van der Waals surface area contributed by atoms with Gasteiger partial charge in [0.15, 0.2) is 0 Å². The Morgan fingerprint density at radius 2 is 1.67 bits per heavy atom. The lowest BCUT2D eigenvalue weighted by Gasteiger charge is -1.59. The molecule has 0 aliphatic heterocycles. The van der Waals surface area contributed by atoms with Crippen LogP contribution in [0.5, 0.6) is 0 Å². The maximum absolute atomic E-state index is 8.00. The quantitative estimate of drug-likeness (QED) is 0.313. The summed E-state index contributed by atoms with van der Waals surface area (Å²) >= 11 is 0. The molecule has 0 aromatic heterocycles. The summed E-state index contributed by atoms with van der Waals surface area (Å²) in [4.78, 5) is 11.2. The van der Waals surface area contributed by atoms with Gasteiger partial charge in [-0.2, -0.15) is 0 Å². The van der Waals surface area contributed by atoms with Gasteiger partial charge in [0.1, 0.15) is 6.79 Å². The van der Waals surface area contributed by atoms with E-state index < -0.39 is 0 Å². The Morgan fingerprint density at radius 1 is 1.67 bits per heavy atom. The third kappa shape index (κ3) is 114. The van der Waals surface area contributed by atoms with Gasteiger partial charge in [0.25, 0.3) is 0 Å². The SMILES string of the molecule is C=O.COO.O. The third-order valence-electron chi connectivity index (χ3n) is 0. The predicted molar refractivity (Wildman–Crippen MR) is 20.4 cm³/mol. The van der Waals surface area contributed by atoms with E-state index >= 15 is 0 Å². The first kappa shape index (κ1) is 17.7. The minimum absolute atomic E-state index is 0. The topological polar surface area (TPSA) is 78.0 Å². The molecule has 0 aromatic carbocycles. The Morgan fingerprint density at radius 3 is 1.67 bits per heavy atom. The Kier molecular flexibility index (Phi) is 558. The average Bonchev–Trinajstić information content (AvgIpc) is 1.46. The first-order valence-electron chi connectivity index (χ1n) is 0.879. The van der Waals surface area contributed by atoms with Crippen LogP contribution in [0, 0.1) is 0 Å². The maximum atomic E-state index is 8.00. The summed E-state index contributed by atoms with van der Waals surface area (Å²) in [5.74, 6) is 0. The minimum atomic E-state index is 0. The van der Waals surface area contributed by atoms with Crippen LogP contribution in [0.3, 0.4) is 0 Å². The van der Waals surface area contributed by atoms with Gasteiger partial charge in [-0.3, -0.25) is 5.26 Å². The van der Waals surface area contributed by atoms with E-state index in [1.807, 2.05) is 6.79 Å². The molecule has 0 fully saturated rings. The van der Waals surface area contributed by atoms with Gasteiger partial charge in [0.2, 0.25) is 0 Å². The highest BCUT2D eigenvalue weighted by atomic mass is 17.1. The summed E-state index contributed by atoms with van der Waals surface area (Å²) in [7, 11) is 1.18. The summed E-state index contributed by atoms with van der Waals surface area (Å²) in [6, 6.07) is 0. The zero-order valence-electron chi connectivity index (χ0n) is 3.47. The van der Waals surface area contributed by atoms with Gasteiger partial charge in [-0.1, -0.05) is 0 Å². The van der Waals surface area contributed by atoms with Crippen molar-refractivity contribution < 1.29 is 20.4 Å². The third-order valence-corrected chi connectivity index (χ3v) is 0. The van der Waals surface area contributed by atoms with Gasteiger partial charge >= 0.3 is 0 Å².